The van der Waals surface area contributed by atoms with E-state index in [0.717, 1.165) is 17.4 Å². The summed E-state index contributed by atoms with van der Waals surface area (Å²) < 4.78 is 2.97. The summed E-state index contributed by atoms with van der Waals surface area (Å²) >= 11 is 7.58. The zero-order chi connectivity index (χ0) is 12.8. The minimum Gasteiger partial charge on any atom is -0.337 e. The predicted octanol–water partition coefficient (Wildman–Crippen LogP) is 3.73. The molecule has 0 bridgehead atoms. The smallest absolute Gasteiger partial charge is 0.0945 e. The second kappa shape index (κ2) is 6.92. The highest BCUT2D eigenvalue weighted by Gasteiger charge is 2.06. The average molecular weight is 284 g/mol. The van der Waals surface area contributed by atoms with Crippen LogP contribution >= 0.6 is 22.9 Å². The van der Waals surface area contributed by atoms with Crippen molar-refractivity contribution in [2.24, 2.45) is 0 Å². The standard InChI is InChI=1S/C13H18ClN3S/c1-11(12-4-5-13(14)18-12)16-6-2-3-8-17-9-7-15-10-17/h4-5,7,9-11,16H,2-3,6,8H2,1H3. The van der Waals surface area contributed by atoms with Crippen LogP contribution in [0, 0.1) is 0 Å². The van der Waals surface area contributed by atoms with Crippen molar-refractivity contribution in [2.75, 3.05) is 6.54 Å². The van der Waals surface area contributed by atoms with Gasteiger partial charge in [0.05, 0.1) is 10.7 Å². The van der Waals surface area contributed by atoms with Gasteiger partial charge in [0.1, 0.15) is 0 Å². The number of aromatic nitrogens is 2. The van der Waals surface area contributed by atoms with Crippen LogP contribution in [0.4, 0.5) is 0 Å². The van der Waals surface area contributed by atoms with E-state index in [4.69, 9.17) is 11.6 Å². The predicted molar refractivity (Wildman–Crippen MR) is 77.2 cm³/mol. The van der Waals surface area contributed by atoms with E-state index in [1.807, 2.05) is 24.8 Å². The van der Waals surface area contributed by atoms with E-state index >= 15 is 0 Å². The van der Waals surface area contributed by atoms with Gasteiger partial charge in [0, 0.05) is 29.9 Å². The molecule has 0 fully saturated rings. The molecule has 0 aliphatic rings. The van der Waals surface area contributed by atoms with Crippen molar-refractivity contribution in [2.45, 2.75) is 32.4 Å². The van der Waals surface area contributed by atoms with Crippen LogP contribution in [-0.4, -0.2) is 16.1 Å². The summed E-state index contributed by atoms with van der Waals surface area (Å²) in [6.45, 7) is 4.25. The van der Waals surface area contributed by atoms with Crippen LogP contribution in [0.25, 0.3) is 0 Å². The first-order chi connectivity index (χ1) is 8.75. The number of aryl methyl sites for hydroxylation is 1. The SMILES string of the molecule is CC(NCCCCn1ccnc1)c1ccc(Cl)s1. The number of hydrogen-bond donors (Lipinski definition) is 1. The van der Waals surface area contributed by atoms with Gasteiger partial charge in [-0.1, -0.05) is 11.6 Å². The number of halogens is 1. The lowest BCUT2D eigenvalue weighted by Gasteiger charge is -2.11. The van der Waals surface area contributed by atoms with Gasteiger partial charge >= 0.3 is 0 Å². The zero-order valence-electron chi connectivity index (χ0n) is 10.5. The van der Waals surface area contributed by atoms with E-state index in [1.165, 1.54) is 17.7 Å². The van der Waals surface area contributed by atoms with E-state index < -0.39 is 0 Å². The third-order valence-electron chi connectivity index (χ3n) is 2.87. The molecule has 0 aromatic carbocycles. The van der Waals surface area contributed by atoms with Crippen molar-refractivity contribution in [3.05, 3.63) is 40.1 Å². The number of nitrogens with zero attached hydrogens (tertiary/aromatic N) is 2. The molecule has 5 heteroatoms. The maximum Gasteiger partial charge on any atom is 0.0945 e. The molecule has 0 amide bonds. The third-order valence-corrected chi connectivity index (χ3v) is 4.29. The first-order valence-corrected chi connectivity index (χ1v) is 7.39. The molecule has 1 N–H and O–H groups in total. The summed E-state index contributed by atoms with van der Waals surface area (Å²) in [5.74, 6) is 0. The van der Waals surface area contributed by atoms with E-state index in [-0.39, 0.29) is 0 Å². The Hall–Kier alpha value is -0.840. The van der Waals surface area contributed by atoms with Crippen LogP contribution in [-0.2, 0) is 6.54 Å². The largest absolute Gasteiger partial charge is 0.337 e. The maximum absolute atomic E-state index is 5.93. The first-order valence-electron chi connectivity index (χ1n) is 6.20. The highest BCUT2D eigenvalue weighted by Crippen LogP contribution is 2.26. The highest BCUT2D eigenvalue weighted by molar-refractivity contribution is 7.16. The summed E-state index contributed by atoms with van der Waals surface area (Å²) in [6.07, 6.45) is 8.02. The van der Waals surface area contributed by atoms with Crippen molar-refractivity contribution in [1.29, 1.82) is 0 Å². The van der Waals surface area contributed by atoms with Crippen LogP contribution in [0.15, 0.2) is 30.9 Å². The second-order valence-electron chi connectivity index (χ2n) is 4.33. The van der Waals surface area contributed by atoms with Crippen molar-refractivity contribution < 1.29 is 0 Å². The second-order valence-corrected chi connectivity index (χ2v) is 6.07. The lowest BCUT2D eigenvalue weighted by atomic mass is 10.2. The van der Waals surface area contributed by atoms with Gasteiger partial charge < -0.3 is 9.88 Å². The van der Waals surface area contributed by atoms with Crippen LogP contribution in [0.1, 0.15) is 30.7 Å². The molecule has 0 aliphatic carbocycles. The third kappa shape index (κ3) is 4.12. The fourth-order valence-corrected chi connectivity index (χ4v) is 2.91. The lowest BCUT2D eigenvalue weighted by Crippen LogP contribution is -2.19. The molecule has 98 valence electrons. The lowest BCUT2D eigenvalue weighted by molar-refractivity contribution is 0.527. The molecule has 0 saturated carbocycles. The molecule has 3 nitrogen and oxygen atoms in total. The molecule has 0 spiro atoms. The van der Waals surface area contributed by atoms with Crippen molar-refractivity contribution in [1.82, 2.24) is 14.9 Å². The molecule has 1 unspecified atom stereocenters. The quantitative estimate of drug-likeness (QED) is 0.785. The summed E-state index contributed by atoms with van der Waals surface area (Å²) in [5, 5.41) is 3.52. The van der Waals surface area contributed by atoms with Crippen molar-refractivity contribution in [3.8, 4) is 0 Å². The molecule has 2 aromatic rings. The minimum atomic E-state index is 0.385. The van der Waals surface area contributed by atoms with Gasteiger partial charge in [-0.05, 0) is 38.4 Å². The minimum absolute atomic E-state index is 0.385. The maximum atomic E-state index is 5.93. The Balaban J connectivity index is 1.60. The number of imidazole rings is 1. The van der Waals surface area contributed by atoms with E-state index in [9.17, 15) is 0 Å². The zero-order valence-corrected chi connectivity index (χ0v) is 12.0. The van der Waals surface area contributed by atoms with Gasteiger partial charge in [-0.3, -0.25) is 0 Å². The molecule has 2 heterocycles. The molecule has 2 rings (SSSR count). The van der Waals surface area contributed by atoms with Crippen LogP contribution in [0.5, 0.6) is 0 Å². The van der Waals surface area contributed by atoms with E-state index in [0.29, 0.717) is 6.04 Å². The Morgan fingerprint density at radius 3 is 3.00 bits per heavy atom. The van der Waals surface area contributed by atoms with E-state index in [2.05, 4.69) is 27.9 Å². The van der Waals surface area contributed by atoms with Gasteiger partial charge in [-0.25, -0.2) is 4.98 Å². The molecule has 0 aliphatic heterocycles. The van der Waals surface area contributed by atoms with Crippen LogP contribution in [0.2, 0.25) is 4.34 Å². The normalized spacial score (nSPS) is 12.8. The molecule has 18 heavy (non-hydrogen) atoms. The number of nitrogens with one attached hydrogen (secondary N) is 1. The fourth-order valence-electron chi connectivity index (χ4n) is 1.82. The molecule has 0 radical (unpaired) electrons. The molecule has 2 aromatic heterocycles. The summed E-state index contributed by atoms with van der Waals surface area (Å²) in [7, 11) is 0. The fraction of sp³-hybridized carbons (Fsp3) is 0.462. The Bertz CT molecular complexity index is 453. The van der Waals surface area contributed by atoms with Gasteiger partial charge in [0.2, 0.25) is 0 Å². The van der Waals surface area contributed by atoms with E-state index in [1.54, 1.807) is 11.3 Å². The first kappa shape index (κ1) is 13.6. The number of unbranched alkanes of at least 4 members (excludes halogenated alkanes) is 1. The summed E-state index contributed by atoms with van der Waals surface area (Å²) in [6, 6.07) is 4.44. The van der Waals surface area contributed by atoms with Gasteiger partial charge in [0.25, 0.3) is 0 Å². The van der Waals surface area contributed by atoms with Gasteiger partial charge in [0.15, 0.2) is 0 Å². The Labute approximate surface area is 117 Å². The van der Waals surface area contributed by atoms with Crippen molar-refractivity contribution >= 4 is 22.9 Å². The van der Waals surface area contributed by atoms with Crippen LogP contribution in [0.3, 0.4) is 0 Å². The Kier molecular flexibility index (Phi) is 5.23. The van der Waals surface area contributed by atoms with Crippen molar-refractivity contribution in [3.63, 3.8) is 0 Å². The van der Waals surface area contributed by atoms with Crippen LogP contribution < -0.4 is 5.32 Å². The molecular formula is C13H18ClN3S. The number of hydrogen-bond acceptors (Lipinski definition) is 3. The Morgan fingerprint density at radius 1 is 1.44 bits per heavy atom. The van der Waals surface area contributed by atoms with Gasteiger partial charge in [-0.2, -0.15) is 0 Å². The Morgan fingerprint density at radius 2 is 2.33 bits per heavy atom. The molecule has 1 atom stereocenters. The molecule has 0 saturated heterocycles. The number of thiophene rings is 1. The molecular weight excluding hydrogens is 266 g/mol. The average Bonchev–Trinajstić information content (AvgIpc) is 2.99. The summed E-state index contributed by atoms with van der Waals surface area (Å²) in [4.78, 5) is 5.33. The number of rotatable bonds is 7. The monoisotopic (exact) mass is 283 g/mol. The highest BCUT2D eigenvalue weighted by atomic mass is 35.5. The van der Waals surface area contributed by atoms with Gasteiger partial charge in [-0.15, -0.1) is 11.3 Å². The topological polar surface area (TPSA) is 29.9 Å². The summed E-state index contributed by atoms with van der Waals surface area (Å²) in [5.41, 5.74) is 0.